The summed E-state index contributed by atoms with van der Waals surface area (Å²) >= 11 is 0. The third-order valence-electron chi connectivity index (χ3n) is 1.93. The zero-order valence-electron chi connectivity index (χ0n) is 7.17. The van der Waals surface area contributed by atoms with E-state index in [0.29, 0.717) is 4.90 Å². The Morgan fingerprint density at radius 2 is 1.92 bits per heavy atom. The molecular weight excluding hydrogens is 185 g/mol. The minimum atomic E-state index is -4.80. The van der Waals surface area contributed by atoms with Gasteiger partial charge in [0.05, 0.1) is 0 Å². The third-order valence-corrected chi connectivity index (χ3v) is 1.93. The summed E-state index contributed by atoms with van der Waals surface area (Å²) in [6, 6.07) is 0. The van der Waals surface area contributed by atoms with E-state index in [2.05, 4.69) is 0 Å². The summed E-state index contributed by atoms with van der Waals surface area (Å²) in [6.45, 7) is 1.52. The van der Waals surface area contributed by atoms with Gasteiger partial charge in [0.15, 0.2) is 0 Å². The number of hydrogen-bond acceptors (Lipinski definition) is 2. The Bertz CT molecular complexity index is 249. The first kappa shape index (κ1) is 9.88. The average molecular weight is 194 g/mol. The standard InChI is InChI=1S/C7H9F3N2O/c1-5-11(2)3-4-12(5)6(13)7(8,9)10/h3-5H,1-2H3. The van der Waals surface area contributed by atoms with E-state index >= 15 is 0 Å². The number of carbonyl (C=O) groups is 1. The molecule has 0 aromatic heterocycles. The Balaban J connectivity index is 2.76. The van der Waals surface area contributed by atoms with Crippen LogP contribution in [-0.2, 0) is 4.79 Å². The number of nitrogens with zero attached hydrogens (tertiary/aromatic N) is 2. The van der Waals surface area contributed by atoms with Gasteiger partial charge in [-0.2, -0.15) is 13.2 Å². The smallest absolute Gasteiger partial charge is 0.359 e. The van der Waals surface area contributed by atoms with E-state index in [4.69, 9.17) is 0 Å². The lowest BCUT2D eigenvalue weighted by Gasteiger charge is -2.25. The van der Waals surface area contributed by atoms with Gasteiger partial charge >= 0.3 is 12.1 Å². The molecule has 0 fully saturated rings. The van der Waals surface area contributed by atoms with Crippen LogP contribution in [-0.4, -0.2) is 35.1 Å². The highest BCUT2D eigenvalue weighted by Gasteiger charge is 2.44. The highest BCUT2D eigenvalue weighted by Crippen LogP contribution is 2.23. The Morgan fingerprint density at radius 1 is 1.38 bits per heavy atom. The van der Waals surface area contributed by atoms with Gasteiger partial charge in [0.1, 0.15) is 6.17 Å². The SMILES string of the molecule is CC1N(C)C=CN1C(=O)C(F)(F)F. The molecule has 1 rings (SSSR count). The van der Waals surface area contributed by atoms with Crippen LogP contribution in [0, 0.1) is 0 Å². The maximum atomic E-state index is 12.0. The predicted octanol–water partition coefficient (Wildman–Crippen LogP) is 1.14. The van der Waals surface area contributed by atoms with Gasteiger partial charge in [0, 0.05) is 19.4 Å². The summed E-state index contributed by atoms with van der Waals surface area (Å²) in [6.07, 6.45) is -2.83. The quantitative estimate of drug-likeness (QED) is 0.577. The van der Waals surface area contributed by atoms with E-state index in [0.717, 1.165) is 6.20 Å². The fraction of sp³-hybridized carbons (Fsp3) is 0.571. The number of carbonyl (C=O) groups excluding carboxylic acids is 1. The molecule has 74 valence electrons. The average Bonchev–Trinajstić information content (AvgIpc) is 2.30. The molecule has 0 aromatic carbocycles. The van der Waals surface area contributed by atoms with E-state index in [-0.39, 0.29) is 0 Å². The van der Waals surface area contributed by atoms with Crippen molar-refractivity contribution in [2.45, 2.75) is 19.3 Å². The Morgan fingerprint density at radius 3 is 2.23 bits per heavy atom. The monoisotopic (exact) mass is 194 g/mol. The first-order valence-corrected chi connectivity index (χ1v) is 3.64. The number of hydrogen-bond donors (Lipinski definition) is 0. The second kappa shape index (κ2) is 2.93. The van der Waals surface area contributed by atoms with E-state index < -0.39 is 18.2 Å². The maximum absolute atomic E-state index is 12.0. The van der Waals surface area contributed by atoms with Gasteiger partial charge in [-0.05, 0) is 6.92 Å². The molecule has 3 nitrogen and oxygen atoms in total. The van der Waals surface area contributed by atoms with Crippen molar-refractivity contribution in [1.29, 1.82) is 0 Å². The van der Waals surface area contributed by atoms with Crippen LogP contribution in [0.25, 0.3) is 0 Å². The highest BCUT2D eigenvalue weighted by atomic mass is 19.4. The molecule has 6 heteroatoms. The van der Waals surface area contributed by atoms with Crippen molar-refractivity contribution in [3.8, 4) is 0 Å². The van der Waals surface area contributed by atoms with Crippen LogP contribution in [0.3, 0.4) is 0 Å². The van der Waals surface area contributed by atoms with Crippen molar-refractivity contribution in [3.05, 3.63) is 12.4 Å². The van der Waals surface area contributed by atoms with E-state index in [1.54, 1.807) is 7.05 Å². The number of rotatable bonds is 0. The van der Waals surface area contributed by atoms with Gasteiger partial charge in [-0.15, -0.1) is 0 Å². The zero-order chi connectivity index (χ0) is 10.2. The second-order valence-corrected chi connectivity index (χ2v) is 2.81. The van der Waals surface area contributed by atoms with Crippen molar-refractivity contribution in [1.82, 2.24) is 9.80 Å². The summed E-state index contributed by atoms with van der Waals surface area (Å²) in [5.41, 5.74) is 0. The van der Waals surface area contributed by atoms with Crippen molar-refractivity contribution in [2.24, 2.45) is 0 Å². The molecule has 0 spiro atoms. The van der Waals surface area contributed by atoms with Gasteiger partial charge < -0.3 is 4.90 Å². The normalized spacial score (nSPS) is 22.7. The Labute approximate surface area is 73.4 Å². The molecule has 0 aromatic rings. The molecule has 13 heavy (non-hydrogen) atoms. The summed E-state index contributed by atoms with van der Waals surface area (Å²) in [5, 5.41) is 0. The van der Waals surface area contributed by atoms with Crippen molar-refractivity contribution >= 4 is 5.91 Å². The van der Waals surface area contributed by atoms with Crippen LogP contribution in [0.2, 0.25) is 0 Å². The van der Waals surface area contributed by atoms with Crippen molar-refractivity contribution in [2.75, 3.05) is 7.05 Å². The van der Waals surface area contributed by atoms with Crippen LogP contribution >= 0.6 is 0 Å². The van der Waals surface area contributed by atoms with E-state index in [1.807, 2.05) is 0 Å². The third kappa shape index (κ3) is 1.76. The predicted molar refractivity (Wildman–Crippen MR) is 39.3 cm³/mol. The van der Waals surface area contributed by atoms with E-state index in [1.165, 1.54) is 18.0 Å². The summed E-state index contributed by atoms with van der Waals surface area (Å²) < 4.78 is 35.9. The maximum Gasteiger partial charge on any atom is 0.471 e. The molecule has 0 aliphatic carbocycles. The largest absolute Gasteiger partial charge is 0.471 e. The molecule has 0 N–H and O–H groups in total. The zero-order valence-corrected chi connectivity index (χ0v) is 7.17. The van der Waals surface area contributed by atoms with Gasteiger partial charge in [-0.3, -0.25) is 9.69 Å². The lowest BCUT2D eigenvalue weighted by molar-refractivity contribution is -0.185. The van der Waals surface area contributed by atoms with Gasteiger partial charge in [0.2, 0.25) is 0 Å². The molecule has 1 amide bonds. The van der Waals surface area contributed by atoms with Gasteiger partial charge in [0.25, 0.3) is 0 Å². The number of alkyl halides is 3. The van der Waals surface area contributed by atoms with Crippen LogP contribution < -0.4 is 0 Å². The molecule has 0 radical (unpaired) electrons. The fourth-order valence-corrected chi connectivity index (χ4v) is 1.01. The molecule has 1 aliphatic heterocycles. The molecule has 1 heterocycles. The van der Waals surface area contributed by atoms with E-state index in [9.17, 15) is 18.0 Å². The van der Waals surface area contributed by atoms with Crippen LogP contribution in [0.1, 0.15) is 6.92 Å². The summed E-state index contributed by atoms with van der Waals surface area (Å²) in [5.74, 6) is -1.83. The molecule has 1 atom stereocenters. The first-order valence-electron chi connectivity index (χ1n) is 3.64. The minimum Gasteiger partial charge on any atom is -0.359 e. The molecule has 0 bridgehead atoms. The summed E-state index contributed by atoms with van der Waals surface area (Å²) in [7, 11) is 1.60. The number of halogens is 3. The Kier molecular flexibility index (Phi) is 2.23. The highest BCUT2D eigenvalue weighted by molar-refractivity contribution is 5.83. The van der Waals surface area contributed by atoms with Crippen molar-refractivity contribution < 1.29 is 18.0 Å². The van der Waals surface area contributed by atoms with Crippen molar-refractivity contribution in [3.63, 3.8) is 0 Å². The minimum absolute atomic E-state index is 0.575. The number of amides is 1. The lowest BCUT2D eigenvalue weighted by Crippen LogP contribution is -2.44. The molecule has 0 saturated carbocycles. The molecule has 0 saturated heterocycles. The van der Waals surface area contributed by atoms with Gasteiger partial charge in [-0.1, -0.05) is 0 Å². The lowest BCUT2D eigenvalue weighted by atomic mass is 10.4. The van der Waals surface area contributed by atoms with Crippen LogP contribution in [0.15, 0.2) is 12.4 Å². The van der Waals surface area contributed by atoms with Gasteiger partial charge in [-0.25, -0.2) is 0 Å². The fourth-order valence-electron chi connectivity index (χ4n) is 1.01. The second-order valence-electron chi connectivity index (χ2n) is 2.81. The van der Waals surface area contributed by atoms with Crippen LogP contribution in [0.4, 0.5) is 13.2 Å². The molecular formula is C7H9F3N2O. The summed E-state index contributed by atoms with van der Waals surface area (Å²) in [4.78, 5) is 12.9. The molecule has 1 unspecified atom stereocenters. The molecule has 1 aliphatic rings. The van der Waals surface area contributed by atoms with Crippen LogP contribution in [0.5, 0.6) is 0 Å². The Hall–Kier alpha value is -1.20. The first-order chi connectivity index (χ1) is 5.84. The topological polar surface area (TPSA) is 23.6 Å².